The number of non-ortho nitro benzene ring substituents is 1. The van der Waals surface area contributed by atoms with Crippen LogP contribution in [0.5, 0.6) is 11.5 Å². The number of halogens is 1. The van der Waals surface area contributed by atoms with Crippen molar-refractivity contribution >= 4 is 44.9 Å². The maximum atomic E-state index is 13.0. The van der Waals surface area contributed by atoms with Crippen LogP contribution in [-0.2, 0) is 10.0 Å². The monoisotopic (exact) mass is 490 g/mol. The third kappa shape index (κ3) is 5.70. The molecular weight excluding hydrogens is 472 g/mol. The Labute approximate surface area is 194 Å². The van der Waals surface area contributed by atoms with Crippen LogP contribution >= 0.6 is 11.6 Å². The highest BCUT2D eigenvalue weighted by atomic mass is 35.5. The molecule has 0 bridgehead atoms. The van der Waals surface area contributed by atoms with E-state index in [1.807, 2.05) is 0 Å². The van der Waals surface area contributed by atoms with Gasteiger partial charge in [0.15, 0.2) is 11.5 Å². The van der Waals surface area contributed by atoms with Gasteiger partial charge in [0.1, 0.15) is 4.90 Å². The fourth-order valence-electron chi connectivity index (χ4n) is 2.77. The van der Waals surface area contributed by atoms with Gasteiger partial charge in [0.05, 0.1) is 34.1 Å². The number of anilines is 2. The number of hydrazone groups is 1. The summed E-state index contributed by atoms with van der Waals surface area (Å²) >= 11 is 6.03. The number of nitrogens with zero attached hydrogens (tertiary/aromatic N) is 2. The molecule has 0 unspecified atom stereocenters. The number of rotatable bonds is 9. The lowest BCUT2D eigenvalue weighted by molar-refractivity contribution is -0.385. The number of hydrogen-bond acceptors (Lipinski definition) is 8. The first-order valence-electron chi connectivity index (χ1n) is 9.52. The normalized spacial score (nSPS) is 11.3. The molecule has 3 aromatic rings. The van der Waals surface area contributed by atoms with Crippen molar-refractivity contribution in [3.05, 3.63) is 81.4 Å². The lowest BCUT2D eigenvalue weighted by Crippen LogP contribution is -2.15. The molecule has 0 heterocycles. The second-order valence-electron chi connectivity index (χ2n) is 6.52. The largest absolute Gasteiger partial charge is 0.504 e. The van der Waals surface area contributed by atoms with Crippen LogP contribution < -0.4 is 14.9 Å². The van der Waals surface area contributed by atoms with Crippen molar-refractivity contribution in [2.24, 2.45) is 5.10 Å². The van der Waals surface area contributed by atoms with Crippen LogP contribution in [0, 0.1) is 10.1 Å². The van der Waals surface area contributed by atoms with Crippen LogP contribution in [-0.4, -0.2) is 31.3 Å². The van der Waals surface area contributed by atoms with Crippen LogP contribution in [0.2, 0.25) is 5.02 Å². The summed E-state index contributed by atoms with van der Waals surface area (Å²) in [6, 6.07) is 14.3. The number of ether oxygens (including phenoxy) is 1. The molecule has 10 nitrogen and oxygen atoms in total. The Balaban J connectivity index is 1.95. The molecule has 0 aliphatic heterocycles. The summed E-state index contributed by atoms with van der Waals surface area (Å²) in [5, 5.41) is 25.6. The number of phenols is 1. The third-order valence-electron chi connectivity index (χ3n) is 4.30. The zero-order chi connectivity index (χ0) is 24.0. The van der Waals surface area contributed by atoms with Crippen LogP contribution in [0.3, 0.4) is 0 Å². The van der Waals surface area contributed by atoms with Crippen molar-refractivity contribution in [1.29, 1.82) is 0 Å². The maximum absolute atomic E-state index is 13.0. The Kier molecular flexibility index (Phi) is 7.36. The lowest BCUT2D eigenvalue weighted by atomic mass is 10.2. The van der Waals surface area contributed by atoms with Gasteiger partial charge in [-0.1, -0.05) is 29.8 Å². The molecule has 0 aliphatic carbocycles. The molecule has 3 aromatic carbocycles. The van der Waals surface area contributed by atoms with Gasteiger partial charge in [0.25, 0.3) is 15.7 Å². The number of nitro groups is 1. The summed E-state index contributed by atoms with van der Waals surface area (Å²) < 4.78 is 33.7. The molecule has 0 radical (unpaired) electrons. The topological polar surface area (TPSA) is 143 Å². The van der Waals surface area contributed by atoms with Gasteiger partial charge in [0.2, 0.25) is 0 Å². The number of nitrogens with one attached hydrogen (secondary N) is 2. The van der Waals surface area contributed by atoms with Crippen molar-refractivity contribution in [2.45, 2.75) is 11.8 Å². The minimum atomic E-state index is -4.28. The van der Waals surface area contributed by atoms with Crippen molar-refractivity contribution in [2.75, 3.05) is 16.8 Å². The second-order valence-corrected chi connectivity index (χ2v) is 8.58. The van der Waals surface area contributed by atoms with Gasteiger partial charge in [-0.15, -0.1) is 0 Å². The SMILES string of the molecule is CCOc1cccc(C=NNc2ccc([N+](=O)[O-])cc2S(=O)(=O)Nc2ccccc2Cl)c1O. The molecule has 0 saturated carbocycles. The van der Waals surface area contributed by atoms with Crippen molar-refractivity contribution < 1.29 is 23.2 Å². The first kappa shape index (κ1) is 23.8. The summed E-state index contributed by atoms with van der Waals surface area (Å²) in [4.78, 5) is 10.1. The Hall–Kier alpha value is -3.83. The number of para-hydroxylation sites is 2. The van der Waals surface area contributed by atoms with Gasteiger partial charge in [-0.25, -0.2) is 8.42 Å². The molecule has 3 N–H and O–H groups in total. The molecule has 3 rings (SSSR count). The molecule has 0 atom stereocenters. The fourth-order valence-corrected chi connectivity index (χ4v) is 4.27. The minimum absolute atomic E-state index is 0.0307. The predicted octanol–water partition coefficient (Wildman–Crippen LogP) is 4.60. The van der Waals surface area contributed by atoms with E-state index in [-0.39, 0.29) is 27.9 Å². The number of nitro benzene ring substituents is 1. The Bertz CT molecular complexity index is 1310. The molecule has 0 fully saturated rings. The van der Waals surface area contributed by atoms with Crippen LogP contribution in [0.4, 0.5) is 17.1 Å². The zero-order valence-corrected chi connectivity index (χ0v) is 18.8. The Morgan fingerprint density at radius 2 is 1.91 bits per heavy atom. The molecule has 12 heteroatoms. The van der Waals surface area contributed by atoms with Crippen LogP contribution in [0.25, 0.3) is 0 Å². The summed E-state index contributed by atoms with van der Waals surface area (Å²) in [5.41, 5.74) is 2.52. The first-order valence-corrected chi connectivity index (χ1v) is 11.4. The number of hydrogen-bond donors (Lipinski definition) is 3. The molecule has 33 heavy (non-hydrogen) atoms. The van der Waals surface area contributed by atoms with E-state index >= 15 is 0 Å². The highest BCUT2D eigenvalue weighted by molar-refractivity contribution is 7.93. The number of benzene rings is 3. The standard InChI is InChI=1S/C21H19ClN4O6S/c1-2-32-19-9-5-6-14(21(19)27)13-23-24-18-11-10-15(26(28)29)12-20(18)33(30,31)25-17-8-4-3-7-16(17)22/h3-13,24-25,27H,2H2,1H3. The highest BCUT2D eigenvalue weighted by Crippen LogP contribution is 2.31. The molecule has 0 aliphatic rings. The van der Waals surface area contributed by atoms with Crippen molar-refractivity contribution in [1.82, 2.24) is 0 Å². The second kappa shape index (κ2) is 10.2. The Morgan fingerprint density at radius 1 is 1.15 bits per heavy atom. The summed E-state index contributed by atoms with van der Waals surface area (Å²) in [5.74, 6) is 0.130. The predicted molar refractivity (Wildman–Crippen MR) is 126 cm³/mol. The van der Waals surface area contributed by atoms with E-state index in [0.29, 0.717) is 12.2 Å². The average molecular weight is 491 g/mol. The minimum Gasteiger partial charge on any atom is -0.504 e. The van der Waals surface area contributed by atoms with E-state index in [2.05, 4.69) is 15.2 Å². The zero-order valence-electron chi connectivity index (χ0n) is 17.2. The summed E-state index contributed by atoms with van der Waals surface area (Å²) in [6.07, 6.45) is 1.26. The van der Waals surface area contributed by atoms with Crippen LogP contribution in [0.1, 0.15) is 12.5 Å². The molecular formula is C21H19ClN4O6S. The fraction of sp³-hybridized carbons (Fsp3) is 0.0952. The first-order chi connectivity index (χ1) is 15.7. The van der Waals surface area contributed by atoms with Crippen molar-refractivity contribution in [3.8, 4) is 11.5 Å². The maximum Gasteiger partial charge on any atom is 0.270 e. The van der Waals surface area contributed by atoms with E-state index in [4.69, 9.17) is 16.3 Å². The summed E-state index contributed by atoms with van der Waals surface area (Å²) in [6.45, 7) is 2.13. The summed E-state index contributed by atoms with van der Waals surface area (Å²) in [7, 11) is -4.28. The van der Waals surface area contributed by atoms with Gasteiger partial charge in [-0.05, 0) is 37.3 Å². The number of phenolic OH excluding ortho intramolecular Hbond substituents is 1. The van der Waals surface area contributed by atoms with E-state index in [1.165, 1.54) is 24.4 Å². The van der Waals surface area contributed by atoms with Crippen LogP contribution in [0.15, 0.2) is 70.7 Å². The molecule has 0 aromatic heterocycles. The van der Waals surface area contributed by atoms with Gasteiger partial charge in [0, 0.05) is 17.7 Å². The lowest BCUT2D eigenvalue weighted by Gasteiger charge is -2.13. The van der Waals surface area contributed by atoms with Gasteiger partial charge >= 0.3 is 0 Å². The van der Waals surface area contributed by atoms with Gasteiger partial charge in [-0.2, -0.15) is 5.10 Å². The molecule has 172 valence electrons. The van der Waals surface area contributed by atoms with Gasteiger partial charge < -0.3 is 9.84 Å². The van der Waals surface area contributed by atoms with E-state index in [0.717, 1.165) is 12.1 Å². The quantitative estimate of drug-likeness (QED) is 0.226. The smallest absolute Gasteiger partial charge is 0.270 e. The third-order valence-corrected chi connectivity index (χ3v) is 6.04. The number of aromatic hydroxyl groups is 1. The van der Waals surface area contributed by atoms with E-state index < -0.39 is 25.5 Å². The van der Waals surface area contributed by atoms with E-state index in [9.17, 15) is 23.6 Å². The van der Waals surface area contributed by atoms with E-state index in [1.54, 1.807) is 37.3 Å². The number of sulfonamides is 1. The Morgan fingerprint density at radius 3 is 2.61 bits per heavy atom. The molecule has 0 amide bonds. The van der Waals surface area contributed by atoms with Gasteiger partial charge in [-0.3, -0.25) is 20.3 Å². The average Bonchev–Trinajstić information content (AvgIpc) is 2.78. The highest BCUT2D eigenvalue weighted by Gasteiger charge is 2.23. The van der Waals surface area contributed by atoms with Crippen molar-refractivity contribution in [3.63, 3.8) is 0 Å². The molecule has 0 spiro atoms. The molecule has 0 saturated heterocycles.